The first-order valence-corrected chi connectivity index (χ1v) is 7.18. The van der Waals surface area contributed by atoms with Crippen LogP contribution in [0.1, 0.15) is 31.4 Å². The molecule has 0 aromatic heterocycles. The van der Waals surface area contributed by atoms with E-state index in [1.54, 1.807) is 0 Å². The van der Waals surface area contributed by atoms with Gasteiger partial charge >= 0.3 is 12.0 Å². The van der Waals surface area contributed by atoms with Gasteiger partial charge in [0.25, 0.3) is 0 Å². The minimum Gasteiger partial charge on any atom is -0.481 e. The van der Waals surface area contributed by atoms with Gasteiger partial charge in [0.15, 0.2) is 0 Å². The van der Waals surface area contributed by atoms with Crippen molar-refractivity contribution < 1.29 is 14.7 Å². The second-order valence-electron chi connectivity index (χ2n) is 5.71. The van der Waals surface area contributed by atoms with Crippen LogP contribution in [0, 0.1) is 18.8 Å². The van der Waals surface area contributed by atoms with Gasteiger partial charge in [-0.15, -0.1) is 0 Å². The van der Waals surface area contributed by atoms with E-state index in [-0.39, 0.29) is 18.5 Å². The molecule has 0 radical (unpaired) electrons. The molecule has 2 amide bonds. The summed E-state index contributed by atoms with van der Waals surface area (Å²) in [6.45, 7) is 6.51. The van der Waals surface area contributed by atoms with E-state index in [9.17, 15) is 9.59 Å². The molecule has 0 aliphatic heterocycles. The van der Waals surface area contributed by atoms with Crippen LogP contribution >= 0.6 is 0 Å². The Morgan fingerprint density at radius 1 is 1.14 bits per heavy atom. The third-order valence-corrected chi connectivity index (χ3v) is 3.19. The summed E-state index contributed by atoms with van der Waals surface area (Å²) in [5, 5.41) is 14.4. The molecule has 0 fully saturated rings. The molecule has 0 aliphatic carbocycles. The maximum atomic E-state index is 11.7. The Morgan fingerprint density at radius 3 is 2.29 bits per heavy atom. The Labute approximate surface area is 125 Å². The molecule has 116 valence electrons. The maximum absolute atomic E-state index is 11.7. The normalized spacial score (nSPS) is 12.0. The first-order valence-electron chi connectivity index (χ1n) is 7.18. The van der Waals surface area contributed by atoms with E-state index in [4.69, 9.17) is 5.11 Å². The summed E-state index contributed by atoms with van der Waals surface area (Å²) in [6.07, 6.45) is 0.549. The molecule has 0 bridgehead atoms. The number of hydrogen-bond acceptors (Lipinski definition) is 2. The molecule has 1 aromatic carbocycles. The second kappa shape index (κ2) is 8.29. The standard InChI is InChI=1S/C16H24N2O3/c1-11(2)8-14(15(19)20)10-18-16(21)17-9-13-6-4-12(3)5-7-13/h4-7,11,14H,8-10H2,1-3H3,(H,19,20)(H2,17,18,21). The third-order valence-electron chi connectivity index (χ3n) is 3.19. The van der Waals surface area contributed by atoms with Crippen molar-refractivity contribution in [2.45, 2.75) is 33.7 Å². The summed E-state index contributed by atoms with van der Waals surface area (Å²) in [7, 11) is 0. The van der Waals surface area contributed by atoms with E-state index in [1.807, 2.05) is 45.0 Å². The van der Waals surface area contributed by atoms with Crippen LogP contribution in [0.4, 0.5) is 4.79 Å². The van der Waals surface area contributed by atoms with E-state index >= 15 is 0 Å². The van der Waals surface area contributed by atoms with E-state index in [0.29, 0.717) is 13.0 Å². The van der Waals surface area contributed by atoms with Gasteiger partial charge in [0, 0.05) is 13.1 Å². The molecule has 1 aromatic rings. The lowest BCUT2D eigenvalue weighted by atomic mass is 9.97. The molecule has 0 heterocycles. The van der Waals surface area contributed by atoms with Crippen LogP contribution in [0.15, 0.2) is 24.3 Å². The minimum atomic E-state index is -0.873. The molecule has 0 saturated heterocycles. The molecular formula is C16H24N2O3. The lowest BCUT2D eigenvalue weighted by molar-refractivity contribution is -0.142. The predicted octanol–water partition coefficient (Wildman–Crippen LogP) is 2.54. The zero-order chi connectivity index (χ0) is 15.8. The van der Waals surface area contributed by atoms with Crippen molar-refractivity contribution in [3.63, 3.8) is 0 Å². The number of hydrogen-bond donors (Lipinski definition) is 3. The number of carboxylic acids is 1. The molecule has 1 rings (SSSR count). The van der Waals surface area contributed by atoms with Crippen molar-refractivity contribution in [2.75, 3.05) is 6.54 Å². The molecule has 0 saturated carbocycles. The van der Waals surface area contributed by atoms with Gasteiger partial charge in [-0.2, -0.15) is 0 Å². The average molecular weight is 292 g/mol. The molecule has 1 atom stereocenters. The van der Waals surface area contributed by atoms with Crippen molar-refractivity contribution in [1.29, 1.82) is 0 Å². The minimum absolute atomic E-state index is 0.146. The van der Waals surface area contributed by atoms with Crippen molar-refractivity contribution >= 4 is 12.0 Å². The lowest BCUT2D eigenvalue weighted by Gasteiger charge is -2.15. The highest BCUT2D eigenvalue weighted by atomic mass is 16.4. The van der Waals surface area contributed by atoms with Crippen molar-refractivity contribution in [2.24, 2.45) is 11.8 Å². The fourth-order valence-corrected chi connectivity index (χ4v) is 2.01. The average Bonchev–Trinajstić information content (AvgIpc) is 2.42. The van der Waals surface area contributed by atoms with Gasteiger partial charge in [-0.25, -0.2) is 4.79 Å². The number of carbonyl (C=O) groups excluding carboxylic acids is 1. The fourth-order valence-electron chi connectivity index (χ4n) is 2.01. The predicted molar refractivity (Wildman–Crippen MR) is 82.0 cm³/mol. The quantitative estimate of drug-likeness (QED) is 0.722. The van der Waals surface area contributed by atoms with Crippen LogP contribution in [-0.4, -0.2) is 23.7 Å². The number of aryl methyl sites for hydroxylation is 1. The van der Waals surface area contributed by atoms with E-state index in [1.165, 1.54) is 5.56 Å². The van der Waals surface area contributed by atoms with Crippen LogP contribution in [-0.2, 0) is 11.3 Å². The van der Waals surface area contributed by atoms with Crippen molar-refractivity contribution in [3.05, 3.63) is 35.4 Å². The van der Waals surface area contributed by atoms with Crippen LogP contribution in [0.5, 0.6) is 0 Å². The lowest BCUT2D eigenvalue weighted by Crippen LogP contribution is -2.39. The fraction of sp³-hybridized carbons (Fsp3) is 0.500. The Morgan fingerprint density at radius 2 is 1.76 bits per heavy atom. The summed E-state index contributed by atoms with van der Waals surface area (Å²) in [4.78, 5) is 22.8. The number of amides is 2. The number of carboxylic acid groups (broad SMARTS) is 1. The van der Waals surface area contributed by atoms with Crippen LogP contribution < -0.4 is 10.6 Å². The molecule has 21 heavy (non-hydrogen) atoms. The van der Waals surface area contributed by atoms with Gasteiger partial charge in [0.2, 0.25) is 0 Å². The number of nitrogens with one attached hydrogen (secondary N) is 2. The summed E-state index contributed by atoms with van der Waals surface area (Å²) in [5.74, 6) is -1.14. The topological polar surface area (TPSA) is 78.4 Å². The van der Waals surface area contributed by atoms with Gasteiger partial charge in [-0.05, 0) is 24.8 Å². The Kier molecular flexibility index (Phi) is 6.72. The molecular weight excluding hydrogens is 268 g/mol. The number of aliphatic carboxylic acids is 1. The summed E-state index contributed by atoms with van der Waals surface area (Å²) < 4.78 is 0. The Bertz CT molecular complexity index is 469. The highest BCUT2D eigenvalue weighted by Gasteiger charge is 2.19. The van der Waals surface area contributed by atoms with E-state index in [0.717, 1.165) is 5.56 Å². The molecule has 3 N–H and O–H groups in total. The first kappa shape index (κ1) is 17.0. The second-order valence-corrected chi connectivity index (χ2v) is 5.71. The van der Waals surface area contributed by atoms with Gasteiger partial charge in [-0.1, -0.05) is 43.7 Å². The van der Waals surface area contributed by atoms with Crippen LogP contribution in [0.25, 0.3) is 0 Å². The molecule has 5 heteroatoms. The van der Waals surface area contributed by atoms with Crippen LogP contribution in [0.3, 0.4) is 0 Å². The third kappa shape index (κ3) is 6.79. The smallest absolute Gasteiger partial charge is 0.315 e. The summed E-state index contributed by atoms with van der Waals surface area (Å²) in [5.41, 5.74) is 2.17. The summed E-state index contributed by atoms with van der Waals surface area (Å²) >= 11 is 0. The van der Waals surface area contributed by atoms with Crippen molar-refractivity contribution in [1.82, 2.24) is 10.6 Å². The Balaban J connectivity index is 2.35. The van der Waals surface area contributed by atoms with Gasteiger partial charge in [0.05, 0.1) is 5.92 Å². The number of rotatable bonds is 7. The van der Waals surface area contributed by atoms with E-state index in [2.05, 4.69) is 10.6 Å². The molecule has 1 unspecified atom stereocenters. The maximum Gasteiger partial charge on any atom is 0.315 e. The highest BCUT2D eigenvalue weighted by Crippen LogP contribution is 2.11. The van der Waals surface area contributed by atoms with Gasteiger partial charge in [-0.3, -0.25) is 4.79 Å². The SMILES string of the molecule is Cc1ccc(CNC(=O)NCC(CC(C)C)C(=O)O)cc1. The van der Waals surface area contributed by atoms with Crippen LogP contribution in [0.2, 0.25) is 0 Å². The number of urea groups is 1. The van der Waals surface area contributed by atoms with Gasteiger partial charge < -0.3 is 15.7 Å². The zero-order valence-electron chi connectivity index (χ0n) is 12.8. The highest BCUT2D eigenvalue weighted by molar-refractivity contribution is 5.75. The number of benzene rings is 1. The van der Waals surface area contributed by atoms with Crippen molar-refractivity contribution in [3.8, 4) is 0 Å². The molecule has 0 spiro atoms. The van der Waals surface area contributed by atoms with E-state index < -0.39 is 11.9 Å². The largest absolute Gasteiger partial charge is 0.481 e. The molecule has 0 aliphatic rings. The monoisotopic (exact) mass is 292 g/mol. The number of carbonyl (C=O) groups is 2. The molecule has 5 nitrogen and oxygen atoms in total. The zero-order valence-corrected chi connectivity index (χ0v) is 12.8. The summed E-state index contributed by atoms with van der Waals surface area (Å²) in [6, 6.07) is 7.53. The first-order chi connectivity index (χ1) is 9.88. The van der Waals surface area contributed by atoms with Gasteiger partial charge in [0.1, 0.15) is 0 Å². The Hall–Kier alpha value is -2.04.